The highest BCUT2D eigenvalue weighted by atomic mass is 16.6. The summed E-state index contributed by atoms with van der Waals surface area (Å²) in [6.07, 6.45) is 2.47. The van der Waals surface area contributed by atoms with E-state index in [-0.39, 0.29) is 11.4 Å². The molecule has 1 amide bonds. The number of non-ortho nitro benzene ring substituents is 1. The molecule has 1 aromatic carbocycles. The van der Waals surface area contributed by atoms with E-state index in [0.717, 1.165) is 12.8 Å². The summed E-state index contributed by atoms with van der Waals surface area (Å²) in [5.41, 5.74) is 0.0701. The van der Waals surface area contributed by atoms with Crippen LogP contribution < -0.4 is 10.6 Å². The second kappa shape index (κ2) is 9.42. The van der Waals surface area contributed by atoms with Crippen molar-refractivity contribution in [1.82, 2.24) is 5.32 Å². The third-order valence-corrected chi connectivity index (χ3v) is 5.41. The van der Waals surface area contributed by atoms with Gasteiger partial charge in [-0.2, -0.15) is 0 Å². The summed E-state index contributed by atoms with van der Waals surface area (Å²) >= 11 is 0. The third kappa shape index (κ3) is 5.05. The molecule has 0 radical (unpaired) electrons. The smallest absolute Gasteiger partial charge is 0.271 e. The van der Waals surface area contributed by atoms with Crippen LogP contribution in [0.5, 0.6) is 0 Å². The lowest BCUT2D eigenvalue weighted by Crippen LogP contribution is -2.42. The van der Waals surface area contributed by atoms with Crippen molar-refractivity contribution >= 4 is 17.3 Å². The minimum Gasteiger partial charge on any atom is -0.388 e. The Kier molecular flexibility index (Phi) is 6.95. The Morgan fingerprint density at radius 1 is 1.18 bits per heavy atom. The second-order valence-electron chi connectivity index (χ2n) is 7.47. The Morgan fingerprint density at radius 3 is 2.57 bits per heavy atom. The molecule has 0 spiro atoms. The summed E-state index contributed by atoms with van der Waals surface area (Å²) in [4.78, 5) is 22.7. The SMILES string of the molecule is O=C(Nc1cccc([N+](=O)[O-])c1)[C@H]1O[C@H](CNC2CCCCCC2)[C@@H](O)[C@@H]1O. The highest BCUT2D eigenvalue weighted by Crippen LogP contribution is 2.24. The molecule has 0 aromatic heterocycles. The number of nitro benzene ring substituents is 1. The predicted molar refractivity (Wildman–Crippen MR) is 102 cm³/mol. The normalized spacial score (nSPS) is 28.6. The number of nitrogens with zero attached hydrogens (tertiary/aromatic N) is 1. The zero-order valence-electron chi connectivity index (χ0n) is 15.6. The van der Waals surface area contributed by atoms with Crippen molar-refractivity contribution in [2.75, 3.05) is 11.9 Å². The average Bonchev–Trinajstić information content (AvgIpc) is 2.85. The van der Waals surface area contributed by atoms with Gasteiger partial charge in [0.25, 0.3) is 11.6 Å². The Morgan fingerprint density at radius 2 is 1.89 bits per heavy atom. The monoisotopic (exact) mass is 393 g/mol. The van der Waals surface area contributed by atoms with E-state index in [1.807, 2.05) is 0 Å². The number of amides is 1. The molecule has 154 valence electrons. The van der Waals surface area contributed by atoms with Crippen LogP contribution in [0.2, 0.25) is 0 Å². The van der Waals surface area contributed by atoms with Crippen molar-refractivity contribution in [1.29, 1.82) is 0 Å². The number of aliphatic hydroxyl groups excluding tert-OH is 2. The van der Waals surface area contributed by atoms with Gasteiger partial charge in [0, 0.05) is 30.4 Å². The van der Waals surface area contributed by atoms with E-state index in [1.165, 1.54) is 49.9 Å². The van der Waals surface area contributed by atoms with Gasteiger partial charge < -0.3 is 25.6 Å². The lowest BCUT2D eigenvalue weighted by atomic mass is 10.1. The number of benzene rings is 1. The maximum atomic E-state index is 12.5. The van der Waals surface area contributed by atoms with E-state index in [0.29, 0.717) is 12.6 Å². The van der Waals surface area contributed by atoms with E-state index >= 15 is 0 Å². The van der Waals surface area contributed by atoms with Gasteiger partial charge in [-0.1, -0.05) is 31.7 Å². The van der Waals surface area contributed by atoms with Crippen molar-refractivity contribution in [3.63, 3.8) is 0 Å². The fourth-order valence-corrected chi connectivity index (χ4v) is 3.81. The van der Waals surface area contributed by atoms with Gasteiger partial charge in [-0.05, 0) is 18.9 Å². The minimum absolute atomic E-state index is 0.156. The summed E-state index contributed by atoms with van der Waals surface area (Å²) in [6, 6.07) is 5.85. The molecule has 28 heavy (non-hydrogen) atoms. The molecule has 9 heteroatoms. The van der Waals surface area contributed by atoms with Crippen molar-refractivity contribution in [3.8, 4) is 0 Å². The topological polar surface area (TPSA) is 134 Å². The number of rotatable bonds is 6. The number of ether oxygens (including phenoxy) is 1. The van der Waals surface area contributed by atoms with Gasteiger partial charge in [-0.15, -0.1) is 0 Å². The number of hydrogen-bond donors (Lipinski definition) is 4. The number of hydrogen-bond acceptors (Lipinski definition) is 7. The molecule has 0 bridgehead atoms. The average molecular weight is 393 g/mol. The molecule has 4 N–H and O–H groups in total. The first kappa shape index (κ1) is 20.7. The van der Waals surface area contributed by atoms with Crippen LogP contribution in [-0.2, 0) is 9.53 Å². The van der Waals surface area contributed by atoms with Crippen LogP contribution in [0, 0.1) is 10.1 Å². The lowest BCUT2D eigenvalue weighted by molar-refractivity contribution is -0.384. The third-order valence-electron chi connectivity index (χ3n) is 5.41. The first-order valence-corrected chi connectivity index (χ1v) is 9.76. The maximum absolute atomic E-state index is 12.5. The summed E-state index contributed by atoms with van der Waals surface area (Å²) in [6.45, 7) is 0.351. The standard InChI is InChI=1S/C19H27N3O6/c23-16-15(11-20-12-6-3-1-2-4-7-12)28-18(17(16)24)19(25)21-13-8-5-9-14(10-13)22(26)27/h5,8-10,12,15-18,20,23-24H,1-4,6-7,11H2,(H,21,25)/t15-,16-,17+,18+/m1/s1. The number of carbonyl (C=O) groups excluding carboxylic acids is 1. The van der Waals surface area contributed by atoms with Crippen LogP contribution in [0.25, 0.3) is 0 Å². The van der Waals surface area contributed by atoms with Gasteiger partial charge in [0.1, 0.15) is 12.2 Å². The lowest BCUT2D eigenvalue weighted by Gasteiger charge is -2.21. The molecule has 4 atom stereocenters. The van der Waals surface area contributed by atoms with E-state index in [1.54, 1.807) is 0 Å². The molecule has 1 heterocycles. The van der Waals surface area contributed by atoms with Crippen LogP contribution in [0.15, 0.2) is 24.3 Å². The molecule has 1 aliphatic carbocycles. The molecule has 0 unspecified atom stereocenters. The van der Waals surface area contributed by atoms with Crippen molar-refractivity contribution in [2.24, 2.45) is 0 Å². The van der Waals surface area contributed by atoms with Crippen LogP contribution in [-0.4, -0.2) is 58.0 Å². The molecule has 9 nitrogen and oxygen atoms in total. The molecular weight excluding hydrogens is 366 g/mol. The van der Waals surface area contributed by atoms with Crippen LogP contribution in [0.4, 0.5) is 11.4 Å². The number of nitrogens with one attached hydrogen (secondary N) is 2. The molecular formula is C19H27N3O6. The van der Waals surface area contributed by atoms with Crippen molar-refractivity contribution in [2.45, 2.75) is 69.0 Å². The zero-order chi connectivity index (χ0) is 20.1. The number of anilines is 1. The fourth-order valence-electron chi connectivity index (χ4n) is 3.81. The van der Waals surface area contributed by atoms with Gasteiger partial charge >= 0.3 is 0 Å². The van der Waals surface area contributed by atoms with E-state index in [4.69, 9.17) is 4.74 Å². The summed E-state index contributed by atoms with van der Waals surface area (Å²) in [7, 11) is 0. The number of aliphatic hydroxyl groups is 2. The first-order valence-electron chi connectivity index (χ1n) is 9.76. The van der Waals surface area contributed by atoms with Crippen LogP contribution in [0.1, 0.15) is 38.5 Å². The Hall–Kier alpha value is -2.07. The molecule has 3 rings (SSSR count). The number of nitro groups is 1. The predicted octanol–water partition coefficient (Wildman–Crippen LogP) is 1.33. The van der Waals surface area contributed by atoms with Crippen molar-refractivity contribution in [3.05, 3.63) is 34.4 Å². The quantitative estimate of drug-likeness (QED) is 0.325. The van der Waals surface area contributed by atoms with E-state index in [2.05, 4.69) is 10.6 Å². The van der Waals surface area contributed by atoms with Crippen LogP contribution >= 0.6 is 0 Å². The molecule has 1 aromatic rings. The highest BCUT2D eigenvalue weighted by Gasteiger charge is 2.46. The molecule has 1 saturated heterocycles. The first-order chi connectivity index (χ1) is 13.5. The van der Waals surface area contributed by atoms with E-state index < -0.39 is 35.2 Å². The minimum atomic E-state index is -1.36. The van der Waals surface area contributed by atoms with Gasteiger partial charge in [0.15, 0.2) is 6.10 Å². The maximum Gasteiger partial charge on any atom is 0.271 e. The number of carbonyl (C=O) groups is 1. The molecule has 1 aliphatic heterocycles. The Balaban J connectivity index is 1.56. The Labute approximate surface area is 163 Å². The molecule has 2 fully saturated rings. The summed E-state index contributed by atoms with van der Waals surface area (Å²) < 4.78 is 5.61. The largest absolute Gasteiger partial charge is 0.388 e. The summed E-state index contributed by atoms with van der Waals surface area (Å²) in [5.74, 6) is -0.649. The second-order valence-corrected chi connectivity index (χ2v) is 7.47. The zero-order valence-corrected chi connectivity index (χ0v) is 15.6. The Bertz CT molecular complexity index is 692. The van der Waals surface area contributed by atoms with Crippen molar-refractivity contribution < 1.29 is 24.7 Å². The van der Waals surface area contributed by atoms with Gasteiger partial charge in [-0.25, -0.2) is 0 Å². The molecule has 2 aliphatic rings. The van der Waals surface area contributed by atoms with E-state index in [9.17, 15) is 25.1 Å². The fraction of sp³-hybridized carbons (Fsp3) is 0.632. The van der Waals surface area contributed by atoms with Gasteiger partial charge in [0.05, 0.1) is 11.0 Å². The highest BCUT2D eigenvalue weighted by molar-refractivity contribution is 5.95. The van der Waals surface area contributed by atoms with Gasteiger partial charge in [-0.3, -0.25) is 14.9 Å². The summed E-state index contributed by atoms with van der Waals surface area (Å²) in [5, 5.41) is 37.2. The molecule has 1 saturated carbocycles. The van der Waals surface area contributed by atoms with Crippen LogP contribution in [0.3, 0.4) is 0 Å². The van der Waals surface area contributed by atoms with Gasteiger partial charge in [0.2, 0.25) is 0 Å².